The molecule has 0 aliphatic heterocycles. The fraction of sp³-hybridized carbons (Fsp3) is 0.864. The van der Waals surface area contributed by atoms with Gasteiger partial charge in [-0.2, -0.15) is 0 Å². The quantitative estimate of drug-likeness (QED) is 0.343. The number of carbonyl (C=O) groups excluding carboxylic acids is 3. The van der Waals surface area contributed by atoms with Crippen LogP contribution in [-0.4, -0.2) is 31.1 Å². The Morgan fingerprint density at radius 2 is 1.38 bits per heavy atom. The van der Waals surface area contributed by atoms with E-state index in [2.05, 4.69) is 25.9 Å². The summed E-state index contributed by atoms with van der Waals surface area (Å²) in [6.07, 6.45) is 3.21. The highest BCUT2D eigenvalue weighted by atomic mass is 16.6. The van der Waals surface area contributed by atoms with Crippen LogP contribution in [0, 0.1) is 33.0 Å². The van der Waals surface area contributed by atoms with Crippen molar-refractivity contribution in [1.29, 1.82) is 0 Å². The number of amides is 1. The second-order valence-electron chi connectivity index (χ2n) is 10.5. The van der Waals surface area contributed by atoms with E-state index in [1.54, 1.807) is 0 Å². The zero-order chi connectivity index (χ0) is 22.5. The average molecular weight is 412 g/mol. The van der Waals surface area contributed by atoms with Crippen LogP contribution in [0.2, 0.25) is 0 Å². The molecule has 1 rings (SSSR count). The van der Waals surface area contributed by atoms with Crippen LogP contribution < -0.4 is 0 Å². The maximum atomic E-state index is 12.9. The summed E-state index contributed by atoms with van der Waals surface area (Å²) in [7, 11) is 0. The lowest BCUT2D eigenvalue weighted by atomic mass is 9.61. The van der Waals surface area contributed by atoms with Crippen LogP contribution in [0.25, 0.3) is 0 Å². The molecule has 0 saturated heterocycles. The Hall–Kier alpha value is -1.79. The molecule has 0 bridgehead atoms. The first-order valence-electron chi connectivity index (χ1n) is 10.4. The van der Waals surface area contributed by atoms with Gasteiger partial charge in [-0.25, -0.2) is 0 Å². The number of esters is 2. The number of nitrogens with zero attached hydrogens (tertiary/aromatic N) is 1. The number of ether oxygens (including phenoxy) is 2. The molecule has 3 atom stereocenters. The Balaban J connectivity index is 2.63. The molecule has 0 heterocycles. The van der Waals surface area contributed by atoms with Crippen LogP contribution in [0.4, 0.5) is 0 Å². The monoisotopic (exact) mass is 411 g/mol. The third-order valence-electron chi connectivity index (χ3n) is 6.03. The topological polar surface area (TPSA) is 99.1 Å². The Kier molecular flexibility index (Phi) is 8.54. The van der Waals surface area contributed by atoms with Crippen molar-refractivity contribution in [2.24, 2.45) is 33.3 Å². The number of carbonyl (C=O) groups is 3. The Labute approximate surface area is 174 Å². The van der Waals surface area contributed by atoms with Gasteiger partial charge in [0.1, 0.15) is 13.2 Å². The van der Waals surface area contributed by atoms with Crippen molar-refractivity contribution in [2.75, 3.05) is 13.2 Å². The zero-order valence-electron chi connectivity index (χ0n) is 19.0. The minimum atomic E-state index is -0.791. The first-order chi connectivity index (χ1) is 13.2. The summed E-state index contributed by atoms with van der Waals surface area (Å²) in [5.74, 6) is -2.98. The van der Waals surface area contributed by atoms with Crippen molar-refractivity contribution in [3.05, 3.63) is 4.91 Å². The molecule has 0 spiro atoms. The molecular formula is C22H37NO6. The van der Waals surface area contributed by atoms with Gasteiger partial charge in [0, 0.05) is 5.18 Å². The van der Waals surface area contributed by atoms with Crippen LogP contribution in [0.5, 0.6) is 0 Å². The molecule has 1 amide bonds. The van der Waals surface area contributed by atoms with Gasteiger partial charge < -0.3 is 9.47 Å². The van der Waals surface area contributed by atoms with E-state index in [0.29, 0.717) is 19.3 Å². The zero-order valence-corrected chi connectivity index (χ0v) is 19.0. The van der Waals surface area contributed by atoms with Crippen LogP contribution >= 0.6 is 0 Å². The highest BCUT2D eigenvalue weighted by molar-refractivity contribution is 5.86. The second-order valence-corrected chi connectivity index (χ2v) is 10.5. The molecule has 0 radical (unpaired) electrons. The van der Waals surface area contributed by atoms with Gasteiger partial charge in [0.2, 0.25) is 0 Å². The highest BCUT2D eigenvalue weighted by Gasteiger charge is 2.47. The summed E-state index contributed by atoms with van der Waals surface area (Å²) in [5, 5.41) is 2.48. The van der Waals surface area contributed by atoms with Gasteiger partial charge in [0.15, 0.2) is 0 Å². The summed E-state index contributed by atoms with van der Waals surface area (Å²) in [6.45, 7) is 14.1. The SMILES string of the molecule is CC(C)(C)CC(C)(C(=O)OCCOC(=O)C1CCCCC1C(=O)N=O)C(C)(C)C. The first kappa shape index (κ1) is 25.2. The summed E-state index contributed by atoms with van der Waals surface area (Å²) in [4.78, 5) is 47.5. The first-order valence-corrected chi connectivity index (χ1v) is 10.4. The van der Waals surface area contributed by atoms with Gasteiger partial charge in [-0.05, 0) is 37.0 Å². The van der Waals surface area contributed by atoms with Crippen molar-refractivity contribution in [2.45, 2.75) is 80.6 Å². The van der Waals surface area contributed by atoms with E-state index < -0.39 is 29.1 Å². The van der Waals surface area contributed by atoms with Gasteiger partial charge >= 0.3 is 11.9 Å². The molecule has 166 valence electrons. The van der Waals surface area contributed by atoms with Crippen LogP contribution in [0.1, 0.15) is 80.6 Å². The minimum absolute atomic E-state index is 0.0440. The summed E-state index contributed by atoms with van der Waals surface area (Å²) < 4.78 is 10.7. The molecule has 7 nitrogen and oxygen atoms in total. The van der Waals surface area contributed by atoms with Gasteiger partial charge in [-0.15, -0.1) is 4.91 Å². The number of rotatable bonds is 7. The van der Waals surface area contributed by atoms with E-state index in [9.17, 15) is 19.3 Å². The summed E-state index contributed by atoms with van der Waals surface area (Å²) in [6, 6.07) is 0. The van der Waals surface area contributed by atoms with Crippen LogP contribution in [-0.2, 0) is 23.9 Å². The molecular weight excluding hydrogens is 374 g/mol. The Bertz CT molecular complexity index is 616. The smallest absolute Gasteiger partial charge is 0.312 e. The fourth-order valence-electron chi connectivity index (χ4n) is 4.02. The van der Waals surface area contributed by atoms with Gasteiger partial charge in [-0.1, -0.05) is 54.4 Å². The van der Waals surface area contributed by atoms with E-state index in [-0.39, 0.29) is 30.0 Å². The number of nitroso groups, excluding NO2 is 1. The Morgan fingerprint density at radius 3 is 1.86 bits per heavy atom. The predicted molar refractivity (Wildman–Crippen MR) is 110 cm³/mol. The van der Waals surface area contributed by atoms with E-state index in [1.807, 2.05) is 27.7 Å². The van der Waals surface area contributed by atoms with E-state index in [1.165, 1.54) is 0 Å². The lowest BCUT2D eigenvalue weighted by Gasteiger charge is -2.43. The van der Waals surface area contributed by atoms with E-state index in [0.717, 1.165) is 12.8 Å². The van der Waals surface area contributed by atoms with E-state index in [4.69, 9.17) is 9.47 Å². The third-order valence-corrected chi connectivity index (χ3v) is 6.03. The largest absolute Gasteiger partial charge is 0.462 e. The molecule has 1 aliphatic carbocycles. The van der Waals surface area contributed by atoms with Crippen molar-refractivity contribution in [3.63, 3.8) is 0 Å². The van der Waals surface area contributed by atoms with Gasteiger partial charge in [0.25, 0.3) is 5.91 Å². The van der Waals surface area contributed by atoms with Crippen molar-refractivity contribution < 1.29 is 23.9 Å². The molecule has 29 heavy (non-hydrogen) atoms. The minimum Gasteiger partial charge on any atom is -0.462 e. The van der Waals surface area contributed by atoms with Crippen LogP contribution in [0.3, 0.4) is 0 Å². The molecule has 0 N–H and O–H groups in total. The van der Waals surface area contributed by atoms with Gasteiger partial charge in [-0.3, -0.25) is 14.4 Å². The van der Waals surface area contributed by atoms with Crippen molar-refractivity contribution in [3.8, 4) is 0 Å². The summed E-state index contributed by atoms with van der Waals surface area (Å²) in [5.41, 5.74) is -1.04. The normalized spacial score (nSPS) is 22.3. The fourth-order valence-corrected chi connectivity index (χ4v) is 4.02. The number of hydrogen-bond donors (Lipinski definition) is 0. The number of hydrogen-bond acceptors (Lipinski definition) is 6. The standard InChI is InChI=1S/C22H37NO6/c1-20(2,3)14-22(7,21(4,5)6)19(26)29-13-12-28-18(25)16-11-9-8-10-15(16)17(24)23-27/h15-16H,8-14H2,1-7H3. The van der Waals surface area contributed by atoms with Crippen molar-refractivity contribution >= 4 is 17.8 Å². The summed E-state index contributed by atoms with van der Waals surface area (Å²) >= 11 is 0. The third kappa shape index (κ3) is 6.89. The molecule has 7 heteroatoms. The molecule has 1 aliphatic rings. The van der Waals surface area contributed by atoms with Crippen molar-refractivity contribution in [1.82, 2.24) is 0 Å². The predicted octanol–water partition coefficient (Wildman–Crippen LogP) is 4.66. The maximum Gasteiger partial charge on any atom is 0.312 e. The molecule has 3 unspecified atom stereocenters. The Morgan fingerprint density at radius 1 is 0.862 bits per heavy atom. The molecule has 0 aromatic carbocycles. The van der Waals surface area contributed by atoms with E-state index >= 15 is 0 Å². The molecule has 1 fully saturated rings. The van der Waals surface area contributed by atoms with Crippen LogP contribution in [0.15, 0.2) is 5.18 Å². The lowest BCUT2D eigenvalue weighted by molar-refractivity contribution is -0.169. The highest BCUT2D eigenvalue weighted by Crippen LogP contribution is 2.47. The molecule has 1 saturated carbocycles. The average Bonchev–Trinajstić information content (AvgIpc) is 2.61. The lowest BCUT2D eigenvalue weighted by Crippen LogP contribution is -2.44. The molecule has 0 aromatic rings. The van der Waals surface area contributed by atoms with Gasteiger partial charge in [0.05, 0.1) is 17.3 Å². The maximum absolute atomic E-state index is 12.9. The molecule has 0 aromatic heterocycles. The second kappa shape index (κ2) is 9.81.